The average molecular weight is 537 g/mol. The van der Waals surface area contributed by atoms with Crippen LogP contribution in [0.1, 0.15) is 36.7 Å². The monoisotopic (exact) mass is 536 g/mol. The smallest absolute Gasteiger partial charge is 0.408 e. The maximum Gasteiger partial charge on any atom is 0.408 e. The molecule has 1 aromatic heterocycles. The van der Waals surface area contributed by atoms with Crippen molar-refractivity contribution in [2.24, 2.45) is 0 Å². The van der Waals surface area contributed by atoms with Gasteiger partial charge in [-0.25, -0.2) is 4.79 Å². The molecule has 39 heavy (non-hydrogen) atoms. The molecule has 1 N–H and O–H groups in total. The number of aromatic nitrogens is 1. The first kappa shape index (κ1) is 29.7. The van der Waals surface area contributed by atoms with Gasteiger partial charge >= 0.3 is 6.09 Å². The summed E-state index contributed by atoms with van der Waals surface area (Å²) in [6, 6.07) is 14.9. The predicted molar refractivity (Wildman–Crippen MR) is 152 cm³/mol. The van der Waals surface area contributed by atoms with Gasteiger partial charge in [-0.15, -0.1) is 0 Å². The van der Waals surface area contributed by atoms with Crippen molar-refractivity contribution < 1.29 is 23.9 Å². The number of nitrogens with one attached hydrogen (secondary N) is 1. The number of hydrogen-bond acceptors (Lipinski definition) is 6. The number of amides is 2. The van der Waals surface area contributed by atoms with E-state index in [0.717, 1.165) is 35.0 Å². The van der Waals surface area contributed by atoms with E-state index >= 15 is 0 Å². The van der Waals surface area contributed by atoms with Gasteiger partial charge in [0.25, 0.3) is 11.8 Å². The predicted octanol–water partition coefficient (Wildman–Crippen LogP) is 3.99. The SMILES string of the molecule is COc1ccc2c(c1)c(CCN(C)C)cn2C(=O)CN(C)C(=O)[C@H](Cc1ccccc1)OC(=O)NC(C)(C)C. The summed E-state index contributed by atoms with van der Waals surface area (Å²) in [5.41, 5.74) is 2.08. The third kappa shape index (κ3) is 8.32. The first-order valence-electron chi connectivity index (χ1n) is 13.0. The highest BCUT2D eigenvalue weighted by molar-refractivity contribution is 5.97. The molecule has 0 bridgehead atoms. The molecule has 0 saturated carbocycles. The molecule has 9 nitrogen and oxygen atoms in total. The fourth-order valence-corrected chi connectivity index (χ4v) is 4.23. The Labute approximate surface area is 230 Å². The third-order valence-corrected chi connectivity index (χ3v) is 6.21. The van der Waals surface area contributed by atoms with Crippen LogP contribution in [-0.2, 0) is 22.4 Å². The molecule has 1 atom stereocenters. The Kier molecular flexibility index (Phi) is 9.75. The van der Waals surface area contributed by atoms with Gasteiger partial charge in [0, 0.05) is 37.1 Å². The van der Waals surface area contributed by atoms with Crippen LogP contribution in [0.4, 0.5) is 4.79 Å². The fraction of sp³-hybridized carbons (Fsp3) is 0.433. The maximum absolute atomic E-state index is 13.5. The van der Waals surface area contributed by atoms with Crippen LogP contribution in [0, 0.1) is 0 Å². The van der Waals surface area contributed by atoms with Gasteiger partial charge in [0.2, 0.25) is 0 Å². The lowest BCUT2D eigenvalue weighted by Crippen LogP contribution is -2.47. The van der Waals surface area contributed by atoms with E-state index in [2.05, 4.69) is 10.2 Å². The average Bonchev–Trinajstić information content (AvgIpc) is 3.24. The van der Waals surface area contributed by atoms with Crippen molar-refractivity contribution in [3.8, 4) is 5.75 Å². The Morgan fingerprint density at radius 1 is 1.03 bits per heavy atom. The molecule has 9 heteroatoms. The number of benzene rings is 2. The molecular weight excluding hydrogens is 496 g/mol. The number of methoxy groups -OCH3 is 1. The zero-order valence-electron chi connectivity index (χ0n) is 24.0. The molecule has 0 radical (unpaired) electrons. The van der Waals surface area contributed by atoms with E-state index < -0.39 is 23.6 Å². The maximum atomic E-state index is 13.5. The molecular formula is C30H40N4O5. The van der Waals surface area contributed by atoms with Gasteiger partial charge in [-0.3, -0.25) is 14.2 Å². The number of carbonyl (C=O) groups excluding carboxylic acids is 3. The summed E-state index contributed by atoms with van der Waals surface area (Å²) in [5.74, 6) is -0.0162. The van der Waals surface area contributed by atoms with Crippen molar-refractivity contribution in [3.63, 3.8) is 0 Å². The summed E-state index contributed by atoms with van der Waals surface area (Å²) in [6.45, 7) is 6.12. The van der Waals surface area contributed by atoms with Gasteiger partial charge in [0.1, 0.15) is 12.3 Å². The third-order valence-electron chi connectivity index (χ3n) is 6.21. The lowest BCUT2D eigenvalue weighted by atomic mass is 10.1. The number of carbonyl (C=O) groups is 3. The van der Waals surface area contributed by atoms with Gasteiger partial charge in [0.05, 0.1) is 12.6 Å². The van der Waals surface area contributed by atoms with Crippen LogP contribution in [-0.4, -0.2) is 85.3 Å². The van der Waals surface area contributed by atoms with Gasteiger partial charge < -0.3 is 24.6 Å². The fourth-order valence-electron chi connectivity index (χ4n) is 4.23. The number of hydrogen-bond donors (Lipinski definition) is 1. The summed E-state index contributed by atoms with van der Waals surface area (Å²) in [5, 5.41) is 3.66. The summed E-state index contributed by atoms with van der Waals surface area (Å²) in [4.78, 5) is 42.9. The second kappa shape index (κ2) is 12.8. The van der Waals surface area contributed by atoms with E-state index in [0.29, 0.717) is 5.75 Å². The second-order valence-corrected chi connectivity index (χ2v) is 11.0. The van der Waals surface area contributed by atoms with Crippen LogP contribution in [0.2, 0.25) is 0 Å². The quantitative estimate of drug-likeness (QED) is 0.421. The van der Waals surface area contributed by atoms with Crippen molar-refractivity contribution in [1.82, 2.24) is 19.7 Å². The van der Waals surface area contributed by atoms with Crippen molar-refractivity contribution in [2.75, 3.05) is 41.3 Å². The molecule has 0 saturated heterocycles. The number of ether oxygens (including phenoxy) is 2. The van der Waals surface area contributed by atoms with E-state index in [-0.39, 0.29) is 18.9 Å². The topological polar surface area (TPSA) is 93.1 Å². The number of nitrogens with zero attached hydrogens (tertiary/aromatic N) is 3. The molecule has 0 aliphatic carbocycles. The Morgan fingerprint density at radius 2 is 1.72 bits per heavy atom. The molecule has 0 unspecified atom stereocenters. The number of rotatable bonds is 10. The number of fused-ring (bicyclic) bond motifs is 1. The van der Waals surface area contributed by atoms with Crippen LogP contribution in [0.25, 0.3) is 10.9 Å². The molecule has 0 fully saturated rings. The first-order valence-corrected chi connectivity index (χ1v) is 13.0. The molecule has 3 rings (SSSR count). The Bertz CT molecular complexity index is 1290. The van der Waals surface area contributed by atoms with Crippen LogP contribution < -0.4 is 10.1 Å². The van der Waals surface area contributed by atoms with Gasteiger partial charge in [-0.05, 0) is 70.6 Å². The Hall–Kier alpha value is -3.85. The number of alkyl carbamates (subject to hydrolysis) is 1. The molecule has 1 heterocycles. The molecule has 0 aliphatic rings. The van der Waals surface area contributed by atoms with Crippen molar-refractivity contribution >= 4 is 28.8 Å². The lowest BCUT2D eigenvalue weighted by molar-refractivity contribution is -0.138. The minimum atomic E-state index is -1.09. The van der Waals surface area contributed by atoms with Crippen molar-refractivity contribution in [3.05, 3.63) is 65.9 Å². The van der Waals surface area contributed by atoms with Gasteiger partial charge in [-0.1, -0.05) is 30.3 Å². The van der Waals surface area contributed by atoms with Crippen LogP contribution >= 0.6 is 0 Å². The normalized spacial score (nSPS) is 12.3. The van der Waals surface area contributed by atoms with E-state index in [4.69, 9.17) is 9.47 Å². The van der Waals surface area contributed by atoms with E-state index in [9.17, 15) is 14.4 Å². The highest BCUT2D eigenvalue weighted by Gasteiger charge is 2.29. The second-order valence-electron chi connectivity index (χ2n) is 11.0. The number of likely N-dealkylation sites (N-methyl/N-ethyl adjacent to an activating group) is 2. The molecule has 3 aromatic rings. The first-order chi connectivity index (χ1) is 18.4. The van der Waals surface area contributed by atoms with Gasteiger partial charge in [0.15, 0.2) is 6.10 Å². The Balaban J connectivity index is 1.83. The summed E-state index contributed by atoms with van der Waals surface area (Å²) < 4.78 is 12.6. The van der Waals surface area contributed by atoms with Crippen molar-refractivity contribution in [1.29, 1.82) is 0 Å². The largest absolute Gasteiger partial charge is 0.497 e. The summed E-state index contributed by atoms with van der Waals surface area (Å²) in [6.07, 6.45) is 1.00. The highest BCUT2D eigenvalue weighted by Crippen LogP contribution is 2.27. The van der Waals surface area contributed by atoms with E-state index in [1.807, 2.05) is 89.6 Å². The summed E-state index contributed by atoms with van der Waals surface area (Å²) in [7, 11) is 7.16. The molecule has 0 spiro atoms. The lowest BCUT2D eigenvalue weighted by Gasteiger charge is -2.26. The minimum absolute atomic E-state index is 0.183. The van der Waals surface area contributed by atoms with Crippen LogP contribution in [0.3, 0.4) is 0 Å². The van der Waals surface area contributed by atoms with Crippen LogP contribution in [0.5, 0.6) is 5.75 Å². The van der Waals surface area contributed by atoms with Gasteiger partial charge in [-0.2, -0.15) is 0 Å². The van der Waals surface area contributed by atoms with Crippen LogP contribution in [0.15, 0.2) is 54.7 Å². The highest BCUT2D eigenvalue weighted by atomic mass is 16.6. The zero-order valence-corrected chi connectivity index (χ0v) is 24.0. The molecule has 0 aliphatic heterocycles. The zero-order chi connectivity index (χ0) is 28.7. The summed E-state index contributed by atoms with van der Waals surface area (Å²) >= 11 is 0. The van der Waals surface area contributed by atoms with Crippen molar-refractivity contribution in [2.45, 2.75) is 45.3 Å². The molecule has 2 amide bonds. The minimum Gasteiger partial charge on any atom is -0.497 e. The molecule has 210 valence electrons. The Morgan fingerprint density at radius 3 is 2.33 bits per heavy atom. The molecule has 2 aromatic carbocycles. The van der Waals surface area contributed by atoms with E-state index in [1.165, 1.54) is 4.90 Å². The van der Waals surface area contributed by atoms with E-state index in [1.54, 1.807) is 18.7 Å². The standard InChI is InChI=1S/C30H40N4O5/c1-30(2,3)31-29(37)39-26(17-21-11-9-8-10-12-21)28(36)33(6)20-27(35)34-19-22(15-16-32(4)5)24-18-23(38-7)13-14-25(24)34/h8-14,18-19,26H,15-17,20H2,1-7H3,(H,31,37)/t26-/m0/s1.